The smallest absolute Gasteiger partial charge is 0.137 e. The van der Waals surface area contributed by atoms with E-state index in [-0.39, 0.29) is 5.82 Å². The van der Waals surface area contributed by atoms with Gasteiger partial charge in [0.05, 0.1) is 11.4 Å². The fraction of sp³-hybridized carbons (Fsp3) is 0. The maximum Gasteiger partial charge on any atom is 0.137 e. The van der Waals surface area contributed by atoms with Gasteiger partial charge in [0.2, 0.25) is 0 Å². The molecule has 3 heteroatoms. The Labute approximate surface area is 197 Å². The third kappa shape index (κ3) is 3.67. The van der Waals surface area contributed by atoms with Gasteiger partial charge >= 0.3 is 0 Å². The maximum atomic E-state index is 13.7. The second-order valence-corrected chi connectivity index (χ2v) is 8.27. The van der Waals surface area contributed by atoms with E-state index in [0.717, 1.165) is 44.9 Å². The van der Waals surface area contributed by atoms with Gasteiger partial charge in [0.1, 0.15) is 11.5 Å². The third-order valence-corrected chi connectivity index (χ3v) is 6.11. The minimum Gasteiger partial charge on any atom is -0.298 e. The van der Waals surface area contributed by atoms with E-state index in [2.05, 4.69) is 65.2 Å². The van der Waals surface area contributed by atoms with Crippen molar-refractivity contribution in [3.05, 3.63) is 133 Å². The maximum absolute atomic E-state index is 13.7. The van der Waals surface area contributed by atoms with Gasteiger partial charge < -0.3 is 0 Å². The minimum absolute atomic E-state index is 0.257. The van der Waals surface area contributed by atoms with Crippen molar-refractivity contribution in [1.82, 2.24) is 9.38 Å². The summed E-state index contributed by atoms with van der Waals surface area (Å²) in [5, 5.41) is 0. The fourth-order valence-corrected chi connectivity index (χ4v) is 4.38. The first-order valence-electron chi connectivity index (χ1n) is 11.3. The molecule has 6 rings (SSSR count). The molecular formula is C31H21FN2. The van der Waals surface area contributed by atoms with E-state index >= 15 is 0 Å². The second-order valence-electron chi connectivity index (χ2n) is 8.27. The van der Waals surface area contributed by atoms with Crippen LogP contribution in [0.25, 0.3) is 50.4 Å². The average Bonchev–Trinajstić information content (AvgIpc) is 3.29. The summed E-state index contributed by atoms with van der Waals surface area (Å²) in [7, 11) is 0. The Hall–Kier alpha value is -4.50. The first-order chi connectivity index (χ1) is 16.8. The van der Waals surface area contributed by atoms with Crippen LogP contribution in [0.5, 0.6) is 0 Å². The Morgan fingerprint density at radius 3 is 1.62 bits per heavy atom. The van der Waals surface area contributed by atoms with Crippen molar-refractivity contribution in [2.45, 2.75) is 0 Å². The number of benzene rings is 4. The molecule has 0 N–H and O–H groups in total. The van der Waals surface area contributed by atoms with Gasteiger partial charge in [-0.25, -0.2) is 9.37 Å². The number of pyridine rings is 1. The Morgan fingerprint density at radius 1 is 0.471 bits per heavy atom. The molecule has 2 aromatic heterocycles. The van der Waals surface area contributed by atoms with Crippen LogP contribution in [0.2, 0.25) is 0 Å². The molecule has 0 radical (unpaired) electrons. The van der Waals surface area contributed by atoms with E-state index in [4.69, 9.17) is 4.98 Å². The average molecular weight is 441 g/mol. The number of hydrogen-bond donors (Lipinski definition) is 0. The van der Waals surface area contributed by atoms with E-state index in [1.807, 2.05) is 42.5 Å². The lowest BCUT2D eigenvalue weighted by Crippen LogP contribution is -1.92. The molecule has 0 saturated carbocycles. The van der Waals surface area contributed by atoms with Crippen LogP contribution in [0.1, 0.15) is 0 Å². The Morgan fingerprint density at radius 2 is 0.971 bits per heavy atom. The van der Waals surface area contributed by atoms with Crippen molar-refractivity contribution in [2.24, 2.45) is 0 Å². The highest BCUT2D eigenvalue weighted by Gasteiger charge is 2.17. The summed E-state index contributed by atoms with van der Waals surface area (Å²) in [5.74, 6) is -0.257. The number of nitrogens with zero attached hydrogens (tertiary/aromatic N) is 2. The third-order valence-electron chi connectivity index (χ3n) is 6.11. The van der Waals surface area contributed by atoms with Crippen molar-refractivity contribution < 1.29 is 4.39 Å². The Balaban J connectivity index is 1.55. The highest BCUT2D eigenvalue weighted by Crippen LogP contribution is 2.35. The van der Waals surface area contributed by atoms with Crippen molar-refractivity contribution in [2.75, 3.05) is 0 Å². The lowest BCUT2D eigenvalue weighted by atomic mass is 10.0. The van der Waals surface area contributed by atoms with Gasteiger partial charge in [-0.1, -0.05) is 84.9 Å². The van der Waals surface area contributed by atoms with Gasteiger partial charge in [0, 0.05) is 17.3 Å². The van der Waals surface area contributed by atoms with Gasteiger partial charge in [-0.3, -0.25) is 4.40 Å². The summed E-state index contributed by atoms with van der Waals surface area (Å²) >= 11 is 0. The molecule has 0 fully saturated rings. The van der Waals surface area contributed by atoms with Gasteiger partial charge in [-0.2, -0.15) is 0 Å². The monoisotopic (exact) mass is 440 g/mol. The molecule has 0 unspecified atom stereocenters. The molecule has 0 amide bonds. The zero-order valence-corrected chi connectivity index (χ0v) is 18.4. The molecule has 2 nitrogen and oxygen atoms in total. The van der Waals surface area contributed by atoms with Crippen LogP contribution in [0.3, 0.4) is 0 Å². The van der Waals surface area contributed by atoms with Crippen LogP contribution in [0, 0.1) is 5.82 Å². The number of halogens is 1. The highest BCUT2D eigenvalue weighted by molar-refractivity contribution is 5.84. The summed E-state index contributed by atoms with van der Waals surface area (Å²) in [6.07, 6.45) is 2.13. The number of imidazole rings is 1. The first-order valence-corrected chi connectivity index (χ1v) is 11.3. The van der Waals surface area contributed by atoms with Crippen LogP contribution < -0.4 is 0 Å². The number of rotatable bonds is 4. The van der Waals surface area contributed by atoms with Gasteiger partial charge in [-0.15, -0.1) is 0 Å². The summed E-state index contributed by atoms with van der Waals surface area (Å²) < 4.78 is 15.8. The van der Waals surface area contributed by atoms with Crippen molar-refractivity contribution in [3.63, 3.8) is 0 Å². The predicted molar refractivity (Wildman–Crippen MR) is 137 cm³/mol. The Bertz CT molecular complexity index is 1570. The number of aromatic nitrogens is 2. The largest absolute Gasteiger partial charge is 0.298 e. The van der Waals surface area contributed by atoms with Crippen LogP contribution >= 0.6 is 0 Å². The topological polar surface area (TPSA) is 17.3 Å². The van der Waals surface area contributed by atoms with E-state index in [9.17, 15) is 4.39 Å². The van der Waals surface area contributed by atoms with E-state index in [1.165, 1.54) is 17.7 Å². The zero-order chi connectivity index (χ0) is 22.9. The van der Waals surface area contributed by atoms with E-state index in [1.54, 1.807) is 12.1 Å². The van der Waals surface area contributed by atoms with Gasteiger partial charge in [-0.05, 0) is 58.7 Å². The highest BCUT2D eigenvalue weighted by atomic mass is 19.1. The second kappa shape index (κ2) is 8.45. The lowest BCUT2D eigenvalue weighted by molar-refractivity contribution is 0.628. The van der Waals surface area contributed by atoms with Crippen LogP contribution in [0.15, 0.2) is 128 Å². The SMILES string of the molecule is Fc1ccc(-c2nc3ccc(-c4ccccc4)cn3c2-c2ccc(-c3ccccc3)cc2)cc1. The van der Waals surface area contributed by atoms with Crippen molar-refractivity contribution in [1.29, 1.82) is 0 Å². The summed E-state index contributed by atoms with van der Waals surface area (Å²) in [6, 6.07) is 39.9. The summed E-state index contributed by atoms with van der Waals surface area (Å²) in [4.78, 5) is 4.94. The van der Waals surface area contributed by atoms with Crippen LogP contribution in [0.4, 0.5) is 4.39 Å². The molecule has 4 aromatic carbocycles. The molecule has 2 heterocycles. The quantitative estimate of drug-likeness (QED) is 0.270. The van der Waals surface area contributed by atoms with Crippen molar-refractivity contribution in [3.8, 4) is 44.8 Å². The summed E-state index contributed by atoms with van der Waals surface area (Å²) in [5.41, 5.74) is 9.19. The molecule has 0 bridgehead atoms. The molecular weight excluding hydrogens is 419 g/mol. The number of hydrogen-bond acceptors (Lipinski definition) is 1. The standard InChI is InChI=1S/C31H21FN2/c32-28-18-15-25(16-19-28)30-31(26-13-11-24(12-14-26)22-7-3-1-4-8-22)34-21-27(17-20-29(34)33-30)23-9-5-2-6-10-23/h1-21H. The molecule has 0 aliphatic heterocycles. The van der Waals surface area contributed by atoms with Crippen LogP contribution in [-0.4, -0.2) is 9.38 Å². The molecule has 0 spiro atoms. The van der Waals surface area contributed by atoms with E-state index < -0.39 is 0 Å². The minimum atomic E-state index is -0.257. The normalized spacial score (nSPS) is 11.1. The molecule has 0 aliphatic rings. The molecule has 34 heavy (non-hydrogen) atoms. The van der Waals surface area contributed by atoms with E-state index in [0.29, 0.717) is 0 Å². The van der Waals surface area contributed by atoms with Gasteiger partial charge in [0.25, 0.3) is 0 Å². The molecule has 162 valence electrons. The Kier molecular flexibility index (Phi) is 5.00. The fourth-order valence-electron chi connectivity index (χ4n) is 4.38. The molecule has 0 aliphatic carbocycles. The molecule has 6 aromatic rings. The first kappa shape index (κ1) is 20.1. The predicted octanol–water partition coefficient (Wildman–Crippen LogP) is 8.14. The zero-order valence-electron chi connectivity index (χ0n) is 18.4. The molecule has 0 saturated heterocycles. The van der Waals surface area contributed by atoms with Gasteiger partial charge in [0.15, 0.2) is 0 Å². The van der Waals surface area contributed by atoms with Crippen molar-refractivity contribution >= 4 is 5.65 Å². The summed E-state index contributed by atoms with van der Waals surface area (Å²) in [6.45, 7) is 0. The molecule has 0 atom stereocenters. The number of fused-ring (bicyclic) bond motifs is 1. The van der Waals surface area contributed by atoms with Crippen LogP contribution in [-0.2, 0) is 0 Å². The lowest BCUT2D eigenvalue weighted by Gasteiger charge is -2.09.